The molecule has 0 aliphatic carbocycles. The maximum atomic E-state index is 9.62. The maximum absolute atomic E-state index is 9.62. The lowest BCUT2D eigenvalue weighted by Crippen LogP contribution is -2.21. The maximum Gasteiger partial charge on any atom is 0.158 e. The van der Waals surface area contributed by atoms with Crippen LogP contribution in [-0.2, 0) is 0 Å². The van der Waals surface area contributed by atoms with Gasteiger partial charge in [-0.25, -0.2) is 9.97 Å². The van der Waals surface area contributed by atoms with E-state index < -0.39 is 6.10 Å². The molecule has 0 aromatic carbocycles. The number of hydrogen-bond acceptors (Lipinski definition) is 5. The van der Waals surface area contributed by atoms with Crippen LogP contribution in [0.25, 0.3) is 0 Å². The number of aliphatic hydroxyl groups is 1. The van der Waals surface area contributed by atoms with Crippen molar-refractivity contribution in [3.8, 4) is 6.07 Å². The third-order valence-corrected chi connectivity index (χ3v) is 2.03. The Hall–Kier alpha value is -1.67. The Balaban J connectivity index is 2.40. The van der Waals surface area contributed by atoms with Crippen molar-refractivity contribution in [2.45, 2.75) is 26.4 Å². The standard InChI is InChI=1S/C11H16N4O/c1-8(2)3-10(16)6-15-11-7-13-9(4-12)5-14-11/h5,7-8,10,16H,3,6H2,1-2H3,(H,14,15). The van der Waals surface area contributed by atoms with Crippen LogP contribution in [0.4, 0.5) is 5.82 Å². The highest BCUT2D eigenvalue weighted by molar-refractivity contribution is 5.33. The molecule has 0 bridgehead atoms. The summed E-state index contributed by atoms with van der Waals surface area (Å²) < 4.78 is 0. The minimum absolute atomic E-state index is 0.285. The van der Waals surface area contributed by atoms with Gasteiger partial charge in [0.05, 0.1) is 18.5 Å². The SMILES string of the molecule is CC(C)CC(O)CNc1cnc(C#N)cn1. The van der Waals surface area contributed by atoms with E-state index in [2.05, 4.69) is 29.1 Å². The van der Waals surface area contributed by atoms with Gasteiger partial charge in [-0.2, -0.15) is 5.26 Å². The summed E-state index contributed by atoms with van der Waals surface area (Å²) in [5.74, 6) is 1.03. The van der Waals surface area contributed by atoms with Crippen LogP contribution in [0.15, 0.2) is 12.4 Å². The molecule has 1 atom stereocenters. The van der Waals surface area contributed by atoms with Gasteiger partial charge >= 0.3 is 0 Å². The Labute approximate surface area is 95.2 Å². The van der Waals surface area contributed by atoms with Crippen molar-refractivity contribution in [1.29, 1.82) is 5.26 Å². The van der Waals surface area contributed by atoms with E-state index >= 15 is 0 Å². The van der Waals surface area contributed by atoms with Crippen LogP contribution in [0.5, 0.6) is 0 Å². The normalized spacial score (nSPS) is 12.2. The Morgan fingerprint density at radius 3 is 2.69 bits per heavy atom. The Morgan fingerprint density at radius 1 is 1.44 bits per heavy atom. The van der Waals surface area contributed by atoms with Crippen molar-refractivity contribution in [1.82, 2.24) is 9.97 Å². The first-order valence-electron chi connectivity index (χ1n) is 5.26. The third-order valence-electron chi connectivity index (χ3n) is 2.03. The van der Waals surface area contributed by atoms with Gasteiger partial charge in [-0.15, -0.1) is 0 Å². The zero-order valence-electron chi connectivity index (χ0n) is 9.51. The van der Waals surface area contributed by atoms with Crippen LogP contribution in [0.2, 0.25) is 0 Å². The highest BCUT2D eigenvalue weighted by Gasteiger charge is 2.06. The topological polar surface area (TPSA) is 81.8 Å². The monoisotopic (exact) mass is 220 g/mol. The van der Waals surface area contributed by atoms with E-state index in [0.29, 0.717) is 18.3 Å². The molecule has 0 saturated carbocycles. The van der Waals surface area contributed by atoms with E-state index in [1.807, 2.05) is 6.07 Å². The Bertz CT molecular complexity index is 355. The number of hydrogen-bond donors (Lipinski definition) is 2. The van der Waals surface area contributed by atoms with Gasteiger partial charge in [0, 0.05) is 6.54 Å². The summed E-state index contributed by atoms with van der Waals surface area (Å²) in [6.45, 7) is 4.56. The lowest BCUT2D eigenvalue weighted by Gasteiger charge is -2.13. The average molecular weight is 220 g/mol. The van der Waals surface area contributed by atoms with Crippen molar-refractivity contribution in [3.63, 3.8) is 0 Å². The van der Waals surface area contributed by atoms with Crippen LogP contribution < -0.4 is 5.32 Å². The van der Waals surface area contributed by atoms with Gasteiger partial charge in [0.1, 0.15) is 11.9 Å². The highest BCUT2D eigenvalue weighted by Crippen LogP contribution is 2.06. The summed E-state index contributed by atoms with van der Waals surface area (Å²) in [7, 11) is 0. The summed E-state index contributed by atoms with van der Waals surface area (Å²) in [5.41, 5.74) is 0.285. The number of nitriles is 1. The summed E-state index contributed by atoms with van der Waals surface area (Å²) in [5, 5.41) is 21.1. The highest BCUT2D eigenvalue weighted by atomic mass is 16.3. The molecular formula is C11H16N4O. The van der Waals surface area contributed by atoms with E-state index in [1.165, 1.54) is 12.4 Å². The van der Waals surface area contributed by atoms with E-state index in [1.54, 1.807) is 0 Å². The Kier molecular flexibility index (Phi) is 4.67. The van der Waals surface area contributed by atoms with Gasteiger partial charge in [-0.05, 0) is 12.3 Å². The van der Waals surface area contributed by atoms with Gasteiger partial charge in [-0.3, -0.25) is 0 Å². The molecule has 1 rings (SSSR count). The summed E-state index contributed by atoms with van der Waals surface area (Å²) in [4.78, 5) is 7.86. The predicted molar refractivity (Wildman–Crippen MR) is 60.7 cm³/mol. The second-order valence-electron chi connectivity index (χ2n) is 4.06. The van der Waals surface area contributed by atoms with Crippen molar-refractivity contribution in [2.75, 3.05) is 11.9 Å². The largest absolute Gasteiger partial charge is 0.391 e. The molecule has 0 spiro atoms. The quantitative estimate of drug-likeness (QED) is 0.778. The van der Waals surface area contributed by atoms with Crippen LogP contribution in [0.1, 0.15) is 26.0 Å². The molecule has 0 aliphatic rings. The predicted octanol–water partition coefficient (Wildman–Crippen LogP) is 1.17. The molecule has 2 N–H and O–H groups in total. The number of nitrogens with one attached hydrogen (secondary N) is 1. The minimum atomic E-state index is -0.391. The molecule has 0 fully saturated rings. The molecule has 1 aromatic rings. The molecule has 1 aromatic heterocycles. The van der Waals surface area contributed by atoms with Crippen LogP contribution in [0, 0.1) is 17.2 Å². The fourth-order valence-corrected chi connectivity index (χ4v) is 1.33. The van der Waals surface area contributed by atoms with E-state index in [0.717, 1.165) is 6.42 Å². The zero-order chi connectivity index (χ0) is 12.0. The van der Waals surface area contributed by atoms with E-state index in [9.17, 15) is 5.11 Å². The smallest absolute Gasteiger partial charge is 0.158 e. The number of rotatable bonds is 5. The molecule has 5 heteroatoms. The summed E-state index contributed by atoms with van der Waals surface area (Å²) >= 11 is 0. The first kappa shape index (κ1) is 12.4. The van der Waals surface area contributed by atoms with Crippen molar-refractivity contribution >= 4 is 5.82 Å². The molecule has 16 heavy (non-hydrogen) atoms. The first-order chi connectivity index (χ1) is 7.61. The van der Waals surface area contributed by atoms with Gasteiger partial charge < -0.3 is 10.4 Å². The molecule has 0 aliphatic heterocycles. The summed E-state index contributed by atoms with van der Waals surface area (Å²) in [6, 6.07) is 1.89. The van der Waals surface area contributed by atoms with Gasteiger partial charge in [0.15, 0.2) is 5.69 Å². The van der Waals surface area contributed by atoms with Crippen LogP contribution in [0.3, 0.4) is 0 Å². The minimum Gasteiger partial charge on any atom is -0.391 e. The first-order valence-corrected chi connectivity index (χ1v) is 5.26. The summed E-state index contributed by atoms with van der Waals surface area (Å²) in [6.07, 6.45) is 3.24. The Morgan fingerprint density at radius 2 is 2.19 bits per heavy atom. The van der Waals surface area contributed by atoms with E-state index in [-0.39, 0.29) is 5.69 Å². The van der Waals surface area contributed by atoms with Crippen molar-refractivity contribution in [3.05, 3.63) is 18.1 Å². The number of anilines is 1. The lowest BCUT2D eigenvalue weighted by atomic mass is 10.1. The van der Waals surface area contributed by atoms with Crippen molar-refractivity contribution < 1.29 is 5.11 Å². The number of aliphatic hydroxyl groups excluding tert-OH is 1. The van der Waals surface area contributed by atoms with E-state index in [4.69, 9.17) is 5.26 Å². The number of aromatic nitrogens is 2. The fraction of sp³-hybridized carbons (Fsp3) is 0.545. The second-order valence-corrected chi connectivity index (χ2v) is 4.06. The van der Waals surface area contributed by atoms with Gasteiger partial charge in [0.25, 0.3) is 0 Å². The molecule has 86 valence electrons. The molecule has 1 unspecified atom stereocenters. The average Bonchev–Trinajstić information content (AvgIpc) is 2.26. The lowest BCUT2D eigenvalue weighted by molar-refractivity contribution is 0.161. The molecule has 0 amide bonds. The molecule has 0 saturated heterocycles. The molecular weight excluding hydrogens is 204 g/mol. The van der Waals surface area contributed by atoms with Crippen LogP contribution >= 0.6 is 0 Å². The molecule has 0 radical (unpaired) electrons. The third kappa shape index (κ3) is 4.24. The molecule has 5 nitrogen and oxygen atoms in total. The van der Waals surface area contributed by atoms with Gasteiger partial charge in [0.2, 0.25) is 0 Å². The zero-order valence-corrected chi connectivity index (χ0v) is 9.51. The second kappa shape index (κ2) is 6.03. The fourth-order valence-electron chi connectivity index (χ4n) is 1.33. The van der Waals surface area contributed by atoms with Crippen LogP contribution in [-0.4, -0.2) is 27.7 Å². The van der Waals surface area contributed by atoms with Crippen molar-refractivity contribution in [2.24, 2.45) is 5.92 Å². The van der Waals surface area contributed by atoms with Gasteiger partial charge in [-0.1, -0.05) is 13.8 Å². The number of nitrogens with zero attached hydrogens (tertiary/aromatic N) is 3. The molecule has 1 heterocycles.